The lowest BCUT2D eigenvalue weighted by Crippen LogP contribution is -2.52. The largest absolute Gasteiger partial charge is 0.534 e. The molecule has 0 saturated carbocycles. The second kappa shape index (κ2) is 12.1. The standard InChI is InChI=1S/C24H34F3NO8SSi/c1-7-33-21(29)20-18(16-35-38(5,6)23(2,3)4)28(22(30)34-15-17-11-9-8-10-12-17)14-13-19(20)36-37(31,32)24(25,26)27/h8-12,18H,7,13-16H2,1-6H3. The number of amides is 1. The first kappa shape index (κ1) is 31.6. The quantitative estimate of drug-likeness (QED) is 0.172. The third kappa shape index (κ3) is 7.73. The van der Waals surface area contributed by atoms with E-state index in [1.165, 1.54) is 6.92 Å². The van der Waals surface area contributed by atoms with E-state index in [2.05, 4.69) is 4.18 Å². The molecule has 38 heavy (non-hydrogen) atoms. The van der Waals surface area contributed by atoms with Gasteiger partial charge >= 0.3 is 27.7 Å². The number of halogens is 3. The molecule has 1 aromatic carbocycles. The molecule has 0 radical (unpaired) electrons. The van der Waals surface area contributed by atoms with Gasteiger partial charge in [-0.3, -0.25) is 4.90 Å². The van der Waals surface area contributed by atoms with Crippen LogP contribution in [-0.2, 0) is 39.6 Å². The summed E-state index contributed by atoms with van der Waals surface area (Å²) in [6.07, 6.45) is -1.36. The first-order valence-corrected chi connectivity index (χ1v) is 16.2. The third-order valence-electron chi connectivity index (χ3n) is 6.43. The molecular formula is C24H34F3NO8SSi. The van der Waals surface area contributed by atoms with Crippen LogP contribution in [0, 0.1) is 0 Å². The minimum atomic E-state index is -6.09. The monoisotopic (exact) mass is 581 g/mol. The fraction of sp³-hybridized carbons (Fsp3) is 0.583. The molecule has 0 bridgehead atoms. The van der Waals surface area contributed by atoms with Crippen molar-refractivity contribution in [3.63, 3.8) is 0 Å². The lowest BCUT2D eigenvalue weighted by atomic mass is 9.99. The Hall–Kier alpha value is -2.58. The Labute approximate surface area is 222 Å². The molecule has 0 fully saturated rings. The number of carbonyl (C=O) groups is 2. The van der Waals surface area contributed by atoms with Crippen LogP contribution in [0.25, 0.3) is 0 Å². The molecule has 2 rings (SSSR count). The second-order valence-corrected chi connectivity index (χ2v) is 16.5. The Morgan fingerprint density at radius 2 is 1.68 bits per heavy atom. The number of alkyl halides is 3. The van der Waals surface area contributed by atoms with Gasteiger partial charge in [0.2, 0.25) is 0 Å². The Morgan fingerprint density at radius 1 is 1.08 bits per heavy atom. The van der Waals surface area contributed by atoms with Crippen molar-refractivity contribution in [1.29, 1.82) is 0 Å². The minimum absolute atomic E-state index is 0.101. The number of nitrogens with zero attached hydrogens (tertiary/aromatic N) is 1. The zero-order valence-corrected chi connectivity index (χ0v) is 24.1. The van der Waals surface area contributed by atoms with E-state index in [-0.39, 0.29) is 31.4 Å². The third-order valence-corrected chi connectivity index (χ3v) is 11.9. The van der Waals surface area contributed by atoms with E-state index in [9.17, 15) is 31.2 Å². The molecule has 1 aromatic rings. The van der Waals surface area contributed by atoms with Gasteiger partial charge in [0.05, 0.1) is 19.3 Å². The first-order chi connectivity index (χ1) is 17.4. The summed E-state index contributed by atoms with van der Waals surface area (Å²) in [6.45, 7) is 10.3. The number of hydrogen-bond donors (Lipinski definition) is 0. The van der Waals surface area contributed by atoms with Gasteiger partial charge in [-0.1, -0.05) is 51.1 Å². The summed E-state index contributed by atoms with van der Waals surface area (Å²) in [5.74, 6) is -1.87. The van der Waals surface area contributed by atoms with Gasteiger partial charge in [0.1, 0.15) is 17.9 Å². The molecule has 1 amide bonds. The van der Waals surface area contributed by atoms with E-state index in [4.69, 9.17) is 13.9 Å². The number of benzene rings is 1. The van der Waals surface area contributed by atoms with E-state index in [1.807, 2.05) is 33.9 Å². The zero-order chi connectivity index (χ0) is 28.9. The average Bonchev–Trinajstić information content (AvgIpc) is 2.80. The van der Waals surface area contributed by atoms with Gasteiger partial charge in [-0.25, -0.2) is 9.59 Å². The van der Waals surface area contributed by atoms with Crippen LogP contribution >= 0.6 is 0 Å². The molecule has 14 heteroatoms. The molecule has 1 aliphatic rings. The summed E-state index contributed by atoms with van der Waals surface area (Å²) < 4.78 is 84.0. The molecule has 214 valence electrons. The van der Waals surface area contributed by atoms with Crippen LogP contribution in [0.2, 0.25) is 18.1 Å². The Kier molecular flexibility index (Phi) is 10.1. The van der Waals surface area contributed by atoms with Gasteiger partial charge in [0.25, 0.3) is 0 Å². The van der Waals surface area contributed by atoms with Gasteiger partial charge in [-0.05, 0) is 30.6 Å². The summed E-state index contributed by atoms with van der Waals surface area (Å²) in [7, 11) is -8.58. The van der Waals surface area contributed by atoms with E-state index in [0.717, 1.165) is 4.90 Å². The van der Waals surface area contributed by atoms with Crippen LogP contribution in [0.1, 0.15) is 39.7 Å². The predicted molar refractivity (Wildman–Crippen MR) is 135 cm³/mol. The van der Waals surface area contributed by atoms with Gasteiger partial charge in [0, 0.05) is 13.0 Å². The van der Waals surface area contributed by atoms with Crippen LogP contribution in [-0.4, -0.2) is 65.0 Å². The van der Waals surface area contributed by atoms with Crippen LogP contribution in [0.3, 0.4) is 0 Å². The highest BCUT2D eigenvalue weighted by Crippen LogP contribution is 2.38. The highest BCUT2D eigenvalue weighted by molar-refractivity contribution is 7.87. The van der Waals surface area contributed by atoms with Gasteiger partial charge in [-0.2, -0.15) is 21.6 Å². The first-order valence-electron chi connectivity index (χ1n) is 11.9. The predicted octanol–water partition coefficient (Wildman–Crippen LogP) is 5.10. The van der Waals surface area contributed by atoms with Gasteiger partial charge in [0.15, 0.2) is 8.32 Å². The molecule has 1 unspecified atom stereocenters. The van der Waals surface area contributed by atoms with Crippen LogP contribution < -0.4 is 0 Å². The van der Waals surface area contributed by atoms with Crippen LogP contribution in [0.4, 0.5) is 18.0 Å². The van der Waals surface area contributed by atoms with Gasteiger partial charge < -0.3 is 18.1 Å². The number of esters is 1. The zero-order valence-electron chi connectivity index (χ0n) is 22.3. The maximum Gasteiger partial charge on any atom is 0.534 e. The lowest BCUT2D eigenvalue weighted by Gasteiger charge is -2.41. The summed E-state index contributed by atoms with van der Waals surface area (Å²) in [4.78, 5) is 27.2. The van der Waals surface area contributed by atoms with Crippen molar-refractivity contribution in [2.45, 2.75) is 70.4 Å². The van der Waals surface area contributed by atoms with Crippen molar-refractivity contribution in [1.82, 2.24) is 4.90 Å². The highest BCUT2D eigenvalue weighted by atomic mass is 32.2. The number of carbonyl (C=O) groups excluding carboxylic acids is 2. The molecule has 0 spiro atoms. The van der Waals surface area contributed by atoms with Crippen molar-refractivity contribution in [3.8, 4) is 0 Å². The molecule has 0 aromatic heterocycles. The summed E-state index contributed by atoms with van der Waals surface area (Å²) in [6, 6.07) is 7.45. The van der Waals surface area contributed by atoms with Crippen molar-refractivity contribution in [2.75, 3.05) is 19.8 Å². The Bertz CT molecular complexity index is 1130. The minimum Gasteiger partial charge on any atom is -0.462 e. The Morgan fingerprint density at radius 3 is 2.21 bits per heavy atom. The summed E-state index contributed by atoms with van der Waals surface area (Å²) in [5, 5.41) is -0.285. The molecule has 9 nitrogen and oxygen atoms in total. The van der Waals surface area contributed by atoms with Crippen molar-refractivity contribution in [3.05, 3.63) is 47.2 Å². The van der Waals surface area contributed by atoms with E-state index >= 15 is 0 Å². The summed E-state index contributed by atoms with van der Waals surface area (Å²) in [5.41, 5.74) is -5.58. The molecule has 0 N–H and O–H groups in total. The topological polar surface area (TPSA) is 108 Å². The maximum absolute atomic E-state index is 13.1. The maximum atomic E-state index is 13.1. The smallest absolute Gasteiger partial charge is 0.462 e. The van der Waals surface area contributed by atoms with E-state index < -0.39 is 59.8 Å². The Balaban J connectivity index is 2.52. The molecule has 0 aliphatic carbocycles. The fourth-order valence-electron chi connectivity index (χ4n) is 3.28. The summed E-state index contributed by atoms with van der Waals surface area (Å²) >= 11 is 0. The van der Waals surface area contributed by atoms with Gasteiger partial charge in [-0.15, -0.1) is 0 Å². The molecule has 1 heterocycles. The highest BCUT2D eigenvalue weighted by Gasteiger charge is 2.51. The molecular weight excluding hydrogens is 547 g/mol. The number of rotatable bonds is 9. The van der Waals surface area contributed by atoms with Crippen molar-refractivity contribution in [2.24, 2.45) is 0 Å². The number of hydrogen-bond acceptors (Lipinski definition) is 8. The molecule has 0 saturated heterocycles. The lowest BCUT2D eigenvalue weighted by molar-refractivity contribution is -0.140. The second-order valence-electron chi connectivity index (χ2n) is 10.1. The van der Waals surface area contributed by atoms with E-state index in [1.54, 1.807) is 30.3 Å². The van der Waals surface area contributed by atoms with Crippen molar-refractivity contribution < 1.29 is 49.3 Å². The number of ether oxygens (including phenoxy) is 2. The molecule has 1 aliphatic heterocycles. The van der Waals surface area contributed by atoms with Crippen LogP contribution in [0.15, 0.2) is 41.7 Å². The van der Waals surface area contributed by atoms with Crippen LogP contribution in [0.5, 0.6) is 0 Å². The molecule has 1 atom stereocenters. The van der Waals surface area contributed by atoms with E-state index in [0.29, 0.717) is 5.56 Å². The fourth-order valence-corrected chi connectivity index (χ4v) is 4.82. The average molecular weight is 582 g/mol. The SMILES string of the molecule is CCOC(=O)C1=C(OS(=O)(=O)C(F)(F)F)CCN(C(=O)OCc2ccccc2)C1CO[Si](C)(C)C(C)(C)C. The van der Waals surface area contributed by atoms with Crippen molar-refractivity contribution >= 4 is 30.5 Å². The normalized spacial score (nSPS) is 17.3.